The predicted molar refractivity (Wildman–Crippen MR) is 84.2 cm³/mol. The molecule has 1 aromatic rings. The van der Waals surface area contributed by atoms with Crippen molar-refractivity contribution < 1.29 is 14.3 Å². The van der Waals surface area contributed by atoms with Gasteiger partial charge in [-0.2, -0.15) is 0 Å². The lowest BCUT2D eigenvalue weighted by atomic mass is 9.88. The Bertz CT molecular complexity index is 473. The van der Waals surface area contributed by atoms with E-state index in [1.807, 2.05) is 18.2 Å². The molecule has 21 heavy (non-hydrogen) atoms. The van der Waals surface area contributed by atoms with Gasteiger partial charge in [0.2, 0.25) is 0 Å². The van der Waals surface area contributed by atoms with Crippen LogP contribution in [-0.2, 0) is 0 Å². The third kappa shape index (κ3) is 4.55. The van der Waals surface area contributed by atoms with Crippen LogP contribution in [0.5, 0.6) is 11.5 Å². The molecule has 0 radical (unpaired) electrons. The molecule has 0 aliphatic heterocycles. The second-order valence-electron chi connectivity index (χ2n) is 5.55. The van der Waals surface area contributed by atoms with E-state index in [1.54, 1.807) is 28.3 Å². The van der Waals surface area contributed by atoms with Crippen molar-refractivity contribution in [2.24, 2.45) is 5.92 Å². The van der Waals surface area contributed by atoms with Gasteiger partial charge in [0, 0.05) is 26.6 Å². The molecule has 5 nitrogen and oxygen atoms in total. The number of ether oxygens (including phenoxy) is 2. The highest BCUT2D eigenvalue weighted by atomic mass is 16.5. The van der Waals surface area contributed by atoms with Crippen molar-refractivity contribution in [3.05, 3.63) is 23.8 Å². The lowest BCUT2D eigenvalue weighted by Crippen LogP contribution is -2.37. The van der Waals surface area contributed by atoms with Crippen LogP contribution in [0, 0.1) is 5.92 Å². The summed E-state index contributed by atoms with van der Waals surface area (Å²) in [5, 5.41) is 2.94. The number of nitrogens with one attached hydrogen (secondary N) is 1. The summed E-state index contributed by atoms with van der Waals surface area (Å²) in [4.78, 5) is 13.2. The van der Waals surface area contributed by atoms with Gasteiger partial charge in [0.05, 0.1) is 14.2 Å². The summed E-state index contributed by atoms with van der Waals surface area (Å²) < 4.78 is 10.6. The van der Waals surface area contributed by atoms with Crippen molar-refractivity contribution in [2.75, 3.05) is 34.9 Å². The maximum atomic E-state index is 11.7. The Hall–Kier alpha value is -1.91. The third-order valence-electron chi connectivity index (χ3n) is 3.52. The van der Waals surface area contributed by atoms with E-state index in [0.29, 0.717) is 24.0 Å². The summed E-state index contributed by atoms with van der Waals surface area (Å²) in [6, 6.07) is 5.82. The molecule has 1 aromatic carbocycles. The smallest absolute Gasteiger partial charge is 0.316 e. The molecular formula is C16H26N2O3. The van der Waals surface area contributed by atoms with Gasteiger partial charge in [0.1, 0.15) is 0 Å². The average molecular weight is 294 g/mol. The van der Waals surface area contributed by atoms with Crippen molar-refractivity contribution in [2.45, 2.75) is 19.8 Å². The first kappa shape index (κ1) is 17.1. The molecule has 5 heteroatoms. The highest BCUT2D eigenvalue weighted by molar-refractivity contribution is 5.73. The lowest BCUT2D eigenvalue weighted by molar-refractivity contribution is 0.216. The summed E-state index contributed by atoms with van der Waals surface area (Å²) in [5.74, 6) is 2.03. The topological polar surface area (TPSA) is 50.8 Å². The van der Waals surface area contributed by atoms with E-state index in [1.165, 1.54) is 4.90 Å². The van der Waals surface area contributed by atoms with Gasteiger partial charge >= 0.3 is 6.03 Å². The van der Waals surface area contributed by atoms with Crippen molar-refractivity contribution in [3.8, 4) is 11.5 Å². The zero-order chi connectivity index (χ0) is 16.0. The van der Waals surface area contributed by atoms with Crippen LogP contribution in [0.2, 0.25) is 0 Å². The first-order chi connectivity index (χ1) is 9.90. The largest absolute Gasteiger partial charge is 0.493 e. The Morgan fingerprint density at radius 3 is 2.29 bits per heavy atom. The second kappa shape index (κ2) is 7.76. The SMILES string of the molecule is COc1ccc(C(CNC(=O)N(C)C)C(C)C)cc1OC. The van der Waals surface area contributed by atoms with Gasteiger partial charge in [-0.3, -0.25) is 0 Å². The molecular weight excluding hydrogens is 268 g/mol. The van der Waals surface area contributed by atoms with Crippen molar-refractivity contribution in [1.82, 2.24) is 10.2 Å². The molecule has 0 aliphatic rings. The summed E-state index contributed by atoms with van der Waals surface area (Å²) in [6.07, 6.45) is 0. The van der Waals surface area contributed by atoms with Crippen LogP contribution in [0.25, 0.3) is 0 Å². The van der Waals surface area contributed by atoms with E-state index in [-0.39, 0.29) is 11.9 Å². The Kier molecular flexibility index (Phi) is 6.34. The Labute approximate surface area is 127 Å². The second-order valence-corrected chi connectivity index (χ2v) is 5.55. The Balaban J connectivity index is 2.93. The standard InChI is InChI=1S/C16H26N2O3/c1-11(2)13(10-17-16(19)18(3)4)12-7-8-14(20-5)15(9-12)21-6/h7-9,11,13H,10H2,1-6H3,(H,17,19). The first-order valence-electron chi connectivity index (χ1n) is 7.07. The number of nitrogens with zero attached hydrogens (tertiary/aromatic N) is 1. The minimum atomic E-state index is -0.0823. The maximum Gasteiger partial charge on any atom is 0.316 e. The minimum absolute atomic E-state index is 0.0823. The summed E-state index contributed by atoms with van der Waals surface area (Å²) in [5.41, 5.74) is 1.13. The summed E-state index contributed by atoms with van der Waals surface area (Å²) >= 11 is 0. The molecule has 0 saturated carbocycles. The molecule has 0 fully saturated rings. The molecule has 2 amide bonds. The summed E-state index contributed by atoms with van der Waals surface area (Å²) in [6.45, 7) is 4.87. The maximum absolute atomic E-state index is 11.7. The molecule has 1 rings (SSSR count). The number of rotatable bonds is 6. The summed E-state index contributed by atoms with van der Waals surface area (Å²) in [7, 11) is 6.71. The average Bonchev–Trinajstić information content (AvgIpc) is 2.46. The number of carbonyl (C=O) groups is 1. The minimum Gasteiger partial charge on any atom is -0.493 e. The van der Waals surface area contributed by atoms with Crippen LogP contribution in [-0.4, -0.2) is 45.8 Å². The number of benzene rings is 1. The number of hydrogen-bond donors (Lipinski definition) is 1. The van der Waals surface area contributed by atoms with Crippen molar-refractivity contribution in [3.63, 3.8) is 0 Å². The van der Waals surface area contributed by atoms with Gasteiger partial charge in [0.25, 0.3) is 0 Å². The van der Waals surface area contributed by atoms with E-state index >= 15 is 0 Å². The van der Waals surface area contributed by atoms with E-state index in [0.717, 1.165) is 5.56 Å². The van der Waals surface area contributed by atoms with E-state index in [4.69, 9.17) is 9.47 Å². The first-order valence-corrected chi connectivity index (χ1v) is 7.07. The molecule has 0 heterocycles. The zero-order valence-electron chi connectivity index (χ0n) is 13.8. The van der Waals surface area contributed by atoms with Crippen LogP contribution in [0.15, 0.2) is 18.2 Å². The molecule has 118 valence electrons. The highest BCUT2D eigenvalue weighted by Crippen LogP contribution is 2.33. The van der Waals surface area contributed by atoms with Gasteiger partial charge in [-0.1, -0.05) is 19.9 Å². The van der Waals surface area contributed by atoms with Gasteiger partial charge in [-0.15, -0.1) is 0 Å². The number of urea groups is 1. The molecule has 0 bridgehead atoms. The van der Waals surface area contributed by atoms with E-state index < -0.39 is 0 Å². The number of carbonyl (C=O) groups excluding carboxylic acids is 1. The van der Waals surface area contributed by atoms with Gasteiger partial charge in [-0.25, -0.2) is 4.79 Å². The van der Waals surface area contributed by atoms with E-state index in [9.17, 15) is 4.79 Å². The fourth-order valence-electron chi connectivity index (χ4n) is 2.18. The van der Waals surface area contributed by atoms with Crippen LogP contribution in [0.3, 0.4) is 0 Å². The van der Waals surface area contributed by atoms with Crippen LogP contribution in [0.4, 0.5) is 4.79 Å². The normalized spacial score (nSPS) is 12.0. The predicted octanol–water partition coefficient (Wildman–Crippen LogP) is 2.71. The fraction of sp³-hybridized carbons (Fsp3) is 0.562. The van der Waals surface area contributed by atoms with Gasteiger partial charge < -0.3 is 19.7 Å². The van der Waals surface area contributed by atoms with Crippen LogP contribution >= 0.6 is 0 Å². The quantitative estimate of drug-likeness (QED) is 0.877. The fourth-order valence-corrected chi connectivity index (χ4v) is 2.18. The van der Waals surface area contributed by atoms with E-state index in [2.05, 4.69) is 19.2 Å². The molecule has 1 N–H and O–H groups in total. The Morgan fingerprint density at radius 1 is 1.19 bits per heavy atom. The lowest BCUT2D eigenvalue weighted by Gasteiger charge is -2.24. The molecule has 0 saturated heterocycles. The number of hydrogen-bond acceptors (Lipinski definition) is 3. The highest BCUT2D eigenvalue weighted by Gasteiger charge is 2.19. The number of methoxy groups -OCH3 is 2. The molecule has 1 atom stereocenters. The van der Waals surface area contributed by atoms with Gasteiger partial charge in [-0.05, 0) is 23.6 Å². The van der Waals surface area contributed by atoms with Crippen LogP contribution in [0.1, 0.15) is 25.3 Å². The molecule has 0 aliphatic carbocycles. The zero-order valence-corrected chi connectivity index (χ0v) is 13.8. The van der Waals surface area contributed by atoms with Gasteiger partial charge in [0.15, 0.2) is 11.5 Å². The molecule has 1 unspecified atom stereocenters. The van der Waals surface area contributed by atoms with Crippen molar-refractivity contribution >= 4 is 6.03 Å². The molecule has 0 aromatic heterocycles. The monoisotopic (exact) mass is 294 g/mol. The number of amides is 2. The van der Waals surface area contributed by atoms with Crippen LogP contribution < -0.4 is 14.8 Å². The third-order valence-corrected chi connectivity index (χ3v) is 3.52. The Morgan fingerprint density at radius 2 is 1.81 bits per heavy atom. The van der Waals surface area contributed by atoms with Crippen molar-refractivity contribution in [1.29, 1.82) is 0 Å². The molecule has 0 spiro atoms.